The molecule has 0 spiro atoms. The molecule has 0 radical (unpaired) electrons. The average molecular weight is 273 g/mol. The Balaban J connectivity index is 0.000000531. The number of anilines is 1. The smallest absolute Gasteiger partial charge is 0.151 e. The van der Waals surface area contributed by atoms with Crippen molar-refractivity contribution in [2.75, 3.05) is 5.73 Å². The van der Waals surface area contributed by atoms with Crippen molar-refractivity contribution >= 4 is 27.3 Å². The van der Waals surface area contributed by atoms with E-state index >= 15 is 0 Å². The lowest BCUT2D eigenvalue weighted by Crippen LogP contribution is -1.98. The van der Waals surface area contributed by atoms with E-state index in [1.807, 2.05) is 13.8 Å². The zero-order chi connectivity index (χ0) is 11.4. The Morgan fingerprint density at radius 1 is 1.53 bits per heavy atom. The normalized spacial score (nSPS) is 9.87. The molecule has 0 bridgehead atoms. The van der Waals surface area contributed by atoms with Gasteiger partial charge in [0.25, 0.3) is 0 Å². The predicted molar refractivity (Wildman–Crippen MR) is 62.4 cm³/mol. The molecule has 0 aromatic carbocycles. The van der Waals surface area contributed by atoms with E-state index in [0.717, 1.165) is 5.56 Å². The Morgan fingerprint density at radius 2 is 2.20 bits per heavy atom. The molecule has 0 fully saturated rings. The number of halogens is 1. The lowest BCUT2D eigenvalue weighted by atomic mass is 10.3. The summed E-state index contributed by atoms with van der Waals surface area (Å²) in [6.07, 6.45) is 1.37. The van der Waals surface area contributed by atoms with E-state index in [0.29, 0.717) is 15.9 Å². The first-order chi connectivity index (χ1) is 7.24. The Hall–Kier alpha value is -1.14. The summed E-state index contributed by atoms with van der Waals surface area (Å²) in [4.78, 5) is 3.84. The SMILES string of the molecule is CC.Nc1ncnn2c(Br)c(CO)cc12. The number of aliphatic hydroxyl groups excluding tert-OH is 1. The molecule has 15 heavy (non-hydrogen) atoms. The molecule has 3 N–H and O–H groups in total. The van der Waals surface area contributed by atoms with Gasteiger partial charge in [-0.15, -0.1) is 0 Å². The number of hydrogen-bond acceptors (Lipinski definition) is 4. The quantitative estimate of drug-likeness (QED) is 0.827. The molecular formula is C9H13BrN4O. The number of fused-ring (bicyclic) bond motifs is 1. The van der Waals surface area contributed by atoms with E-state index in [2.05, 4.69) is 26.0 Å². The number of hydrogen-bond donors (Lipinski definition) is 2. The van der Waals surface area contributed by atoms with Crippen LogP contribution in [-0.2, 0) is 6.61 Å². The first kappa shape index (κ1) is 11.9. The topological polar surface area (TPSA) is 76.4 Å². The van der Waals surface area contributed by atoms with Crippen LogP contribution in [0.25, 0.3) is 5.52 Å². The number of rotatable bonds is 1. The molecule has 82 valence electrons. The molecule has 0 aliphatic carbocycles. The molecule has 0 aliphatic rings. The Bertz CT molecular complexity index is 455. The molecule has 0 atom stereocenters. The number of nitrogens with zero attached hydrogens (tertiary/aromatic N) is 3. The van der Waals surface area contributed by atoms with Crippen molar-refractivity contribution in [1.29, 1.82) is 0 Å². The van der Waals surface area contributed by atoms with Crippen molar-refractivity contribution in [3.63, 3.8) is 0 Å². The summed E-state index contributed by atoms with van der Waals surface area (Å²) in [5.74, 6) is 0.399. The van der Waals surface area contributed by atoms with Gasteiger partial charge < -0.3 is 10.8 Å². The Labute approximate surface area is 96.1 Å². The molecule has 2 aromatic heterocycles. The third kappa shape index (κ3) is 2.10. The number of aliphatic hydroxyl groups is 1. The molecular weight excluding hydrogens is 260 g/mol. The monoisotopic (exact) mass is 272 g/mol. The summed E-state index contributed by atoms with van der Waals surface area (Å²) in [5, 5.41) is 13.0. The van der Waals surface area contributed by atoms with Crippen LogP contribution in [0.4, 0.5) is 5.82 Å². The number of nitrogens with two attached hydrogens (primary N) is 1. The molecule has 0 aliphatic heterocycles. The summed E-state index contributed by atoms with van der Waals surface area (Å²) in [7, 11) is 0. The van der Waals surface area contributed by atoms with Gasteiger partial charge in [-0.05, 0) is 22.0 Å². The molecule has 2 rings (SSSR count). The van der Waals surface area contributed by atoms with Gasteiger partial charge in [0.1, 0.15) is 16.4 Å². The second-order valence-corrected chi connectivity index (χ2v) is 3.31. The van der Waals surface area contributed by atoms with E-state index < -0.39 is 0 Å². The molecule has 0 unspecified atom stereocenters. The third-order valence-electron chi connectivity index (χ3n) is 1.79. The molecule has 0 saturated carbocycles. The summed E-state index contributed by atoms with van der Waals surface area (Å²) in [6.45, 7) is 3.95. The highest BCUT2D eigenvalue weighted by Gasteiger charge is 2.09. The average Bonchev–Trinajstić information content (AvgIpc) is 2.61. The van der Waals surface area contributed by atoms with Gasteiger partial charge in [0.2, 0.25) is 0 Å². The van der Waals surface area contributed by atoms with Crippen LogP contribution in [0, 0.1) is 0 Å². The third-order valence-corrected chi connectivity index (χ3v) is 2.63. The molecule has 2 aromatic rings. The summed E-state index contributed by atoms with van der Waals surface area (Å²) in [6, 6.07) is 1.75. The maximum atomic E-state index is 8.98. The minimum Gasteiger partial charge on any atom is -0.392 e. The fraction of sp³-hybridized carbons (Fsp3) is 0.333. The number of aromatic nitrogens is 3. The van der Waals surface area contributed by atoms with E-state index in [1.165, 1.54) is 6.33 Å². The second kappa shape index (κ2) is 5.09. The van der Waals surface area contributed by atoms with Gasteiger partial charge in [-0.25, -0.2) is 9.50 Å². The largest absolute Gasteiger partial charge is 0.392 e. The van der Waals surface area contributed by atoms with E-state index in [4.69, 9.17) is 10.8 Å². The van der Waals surface area contributed by atoms with Gasteiger partial charge in [-0.2, -0.15) is 5.10 Å². The van der Waals surface area contributed by atoms with Crippen LogP contribution in [0.5, 0.6) is 0 Å². The van der Waals surface area contributed by atoms with Gasteiger partial charge in [0.15, 0.2) is 5.82 Å². The van der Waals surface area contributed by atoms with Gasteiger partial charge in [0, 0.05) is 5.56 Å². The van der Waals surface area contributed by atoms with Gasteiger partial charge in [-0.3, -0.25) is 0 Å². The predicted octanol–water partition coefficient (Wildman–Crippen LogP) is 1.59. The van der Waals surface area contributed by atoms with Crippen molar-refractivity contribution in [3.05, 3.63) is 22.6 Å². The van der Waals surface area contributed by atoms with Crippen LogP contribution in [0.15, 0.2) is 17.0 Å². The van der Waals surface area contributed by atoms with Gasteiger partial charge in [-0.1, -0.05) is 13.8 Å². The fourth-order valence-corrected chi connectivity index (χ4v) is 1.66. The minimum atomic E-state index is -0.0522. The van der Waals surface area contributed by atoms with Crippen LogP contribution in [-0.4, -0.2) is 19.7 Å². The van der Waals surface area contributed by atoms with Crippen LogP contribution in [0.3, 0.4) is 0 Å². The maximum absolute atomic E-state index is 8.98. The molecule has 6 heteroatoms. The zero-order valence-corrected chi connectivity index (χ0v) is 10.2. The molecule has 0 saturated heterocycles. The van der Waals surface area contributed by atoms with E-state index in [9.17, 15) is 0 Å². The highest BCUT2D eigenvalue weighted by molar-refractivity contribution is 9.10. The lowest BCUT2D eigenvalue weighted by Gasteiger charge is -1.96. The fourth-order valence-electron chi connectivity index (χ4n) is 1.14. The standard InChI is InChI=1S/C7H7BrN4O.C2H6/c8-6-4(2-13)1-5-7(9)10-3-11-12(5)6;1-2/h1,3,13H,2H2,(H2,9,10,11);1-2H3. The van der Waals surface area contributed by atoms with Crippen molar-refractivity contribution in [2.45, 2.75) is 20.5 Å². The van der Waals surface area contributed by atoms with Crippen LogP contribution >= 0.6 is 15.9 Å². The van der Waals surface area contributed by atoms with E-state index in [1.54, 1.807) is 10.6 Å². The van der Waals surface area contributed by atoms with Crippen molar-refractivity contribution in [3.8, 4) is 0 Å². The van der Waals surface area contributed by atoms with Crippen LogP contribution in [0.1, 0.15) is 19.4 Å². The Morgan fingerprint density at radius 3 is 2.73 bits per heavy atom. The van der Waals surface area contributed by atoms with Crippen molar-refractivity contribution in [2.24, 2.45) is 0 Å². The van der Waals surface area contributed by atoms with Crippen molar-refractivity contribution < 1.29 is 5.11 Å². The molecule has 0 amide bonds. The summed E-state index contributed by atoms with van der Waals surface area (Å²) in [5.41, 5.74) is 7.05. The summed E-state index contributed by atoms with van der Waals surface area (Å²) < 4.78 is 2.30. The Kier molecular flexibility index (Phi) is 4.05. The first-order valence-electron chi connectivity index (χ1n) is 4.61. The highest BCUT2D eigenvalue weighted by Crippen LogP contribution is 2.23. The van der Waals surface area contributed by atoms with Gasteiger partial charge >= 0.3 is 0 Å². The number of nitrogen functional groups attached to an aromatic ring is 1. The van der Waals surface area contributed by atoms with Crippen LogP contribution in [0.2, 0.25) is 0 Å². The first-order valence-corrected chi connectivity index (χ1v) is 5.41. The highest BCUT2D eigenvalue weighted by atomic mass is 79.9. The van der Waals surface area contributed by atoms with Gasteiger partial charge in [0.05, 0.1) is 6.61 Å². The molecule has 5 nitrogen and oxygen atoms in total. The second-order valence-electron chi connectivity index (χ2n) is 2.56. The maximum Gasteiger partial charge on any atom is 0.151 e. The minimum absolute atomic E-state index is 0.0522. The van der Waals surface area contributed by atoms with Crippen molar-refractivity contribution in [1.82, 2.24) is 14.6 Å². The molecule has 2 heterocycles. The summed E-state index contributed by atoms with van der Waals surface area (Å²) >= 11 is 3.30. The lowest BCUT2D eigenvalue weighted by molar-refractivity contribution is 0.281. The van der Waals surface area contributed by atoms with Crippen LogP contribution < -0.4 is 5.73 Å². The van der Waals surface area contributed by atoms with E-state index in [-0.39, 0.29) is 6.61 Å². The zero-order valence-electron chi connectivity index (χ0n) is 8.61.